The highest BCUT2D eigenvalue weighted by atomic mass is 16.4. The topological polar surface area (TPSA) is 69.6 Å². The van der Waals surface area contributed by atoms with Crippen LogP contribution in [0.25, 0.3) is 0 Å². The first kappa shape index (κ1) is 16.7. The lowest BCUT2D eigenvalue weighted by Gasteiger charge is -2.28. The largest absolute Gasteiger partial charge is 0.480 e. The van der Waals surface area contributed by atoms with E-state index in [1.165, 1.54) is 0 Å². The van der Waals surface area contributed by atoms with Gasteiger partial charge in [0.15, 0.2) is 0 Å². The van der Waals surface area contributed by atoms with Crippen LogP contribution in [0.15, 0.2) is 0 Å². The van der Waals surface area contributed by atoms with Crippen molar-refractivity contribution in [3.05, 3.63) is 0 Å². The van der Waals surface area contributed by atoms with E-state index in [-0.39, 0.29) is 18.0 Å². The average Bonchev–Trinajstić information content (AvgIpc) is 2.28. The summed E-state index contributed by atoms with van der Waals surface area (Å²) in [6.45, 7) is 7.90. The van der Waals surface area contributed by atoms with Gasteiger partial charge in [0.1, 0.15) is 6.04 Å². The fourth-order valence-corrected chi connectivity index (χ4v) is 1.95. The van der Waals surface area contributed by atoms with Crippen LogP contribution in [0.1, 0.15) is 47.0 Å². The predicted molar refractivity (Wildman–Crippen MR) is 71.5 cm³/mol. The van der Waals surface area contributed by atoms with Crippen molar-refractivity contribution in [2.75, 3.05) is 7.05 Å². The standard InChI is InChI=1S/C13H26N2O3/c1-6-10(7-2)15(5)13(18)14-11(12(16)17)8-9(3)4/h9-11H,6-8H2,1-5H3,(H,14,18)(H,16,17). The van der Waals surface area contributed by atoms with E-state index in [0.29, 0.717) is 6.42 Å². The van der Waals surface area contributed by atoms with Crippen LogP contribution in [0.4, 0.5) is 4.79 Å². The van der Waals surface area contributed by atoms with Gasteiger partial charge in [-0.3, -0.25) is 0 Å². The number of aliphatic carboxylic acids is 1. The second-order valence-electron chi connectivity index (χ2n) is 5.05. The summed E-state index contributed by atoms with van der Waals surface area (Å²) in [6.07, 6.45) is 2.17. The molecule has 0 radical (unpaired) electrons. The molecule has 5 heteroatoms. The van der Waals surface area contributed by atoms with E-state index in [4.69, 9.17) is 5.11 Å². The summed E-state index contributed by atoms with van der Waals surface area (Å²) in [5.74, 6) is -0.750. The van der Waals surface area contributed by atoms with Crippen molar-refractivity contribution >= 4 is 12.0 Å². The Morgan fingerprint density at radius 2 is 1.72 bits per heavy atom. The number of nitrogens with one attached hydrogen (secondary N) is 1. The monoisotopic (exact) mass is 258 g/mol. The van der Waals surface area contributed by atoms with Gasteiger partial charge in [0, 0.05) is 13.1 Å². The molecule has 0 saturated heterocycles. The number of urea groups is 1. The highest BCUT2D eigenvalue weighted by Crippen LogP contribution is 2.09. The van der Waals surface area contributed by atoms with Crippen LogP contribution in [0, 0.1) is 5.92 Å². The number of nitrogens with zero attached hydrogens (tertiary/aromatic N) is 1. The molecule has 0 spiro atoms. The van der Waals surface area contributed by atoms with Crippen LogP contribution in [-0.2, 0) is 4.79 Å². The second kappa shape index (κ2) is 7.95. The maximum absolute atomic E-state index is 12.0. The number of carbonyl (C=O) groups excluding carboxylic acids is 1. The third-order valence-corrected chi connectivity index (χ3v) is 3.11. The molecular weight excluding hydrogens is 232 g/mol. The van der Waals surface area contributed by atoms with E-state index < -0.39 is 12.0 Å². The molecule has 0 aliphatic carbocycles. The third kappa shape index (κ3) is 5.38. The Labute approximate surface area is 110 Å². The van der Waals surface area contributed by atoms with Crippen molar-refractivity contribution in [1.82, 2.24) is 10.2 Å². The Hall–Kier alpha value is -1.26. The van der Waals surface area contributed by atoms with Crippen LogP contribution in [0.5, 0.6) is 0 Å². The summed E-state index contributed by atoms with van der Waals surface area (Å²) < 4.78 is 0. The summed E-state index contributed by atoms with van der Waals surface area (Å²) in [4.78, 5) is 24.6. The Morgan fingerprint density at radius 1 is 1.22 bits per heavy atom. The molecule has 106 valence electrons. The molecule has 1 unspecified atom stereocenters. The zero-order valence-electron chi connectivity index (χ0n) is 12.1. The molecule has 5 nitrogen and oxygen atoms in total. The molecule has 2 amide bonds. The minimum atomic E-state index is -0.977. The molecule has 0 aliphatic heterocycles. The van der Waals surface area contributed by atoms with Crippen LogP contribution in [-0.4, -0.2) is 41.1 Å². The van der Waals surface area contributed by atoms with E-state index in [2.05, 4.69) is 5.32 Å². The first-order valence-electron chi connectivity index (χ1n) is 6.59. The van der Waals surface area contributed by atoms with Gasteiger partial charge in [0.05, 0.1) is 0 Å². The average molecular weight is 258 g/mol. The first-order chi connectivity index (χ1) is 8.33. The van der Waals surface area contributed by atoms with Crippen molar-refractivity contribution in [2.45, 2.75) is 59.0 Å². The van der Waals surface area contributed by atoms with Crippen LogP contribution < -0.4 is 5.32 Å². The number of carboxylic acid groups (broad SMARTS) is 1. The van der Waals surface area contributed by atoms with Crippen molar-refractivity contribution in [2.24, 2.45) is 5.92 Å². The van der Waals surface area contributed by atoms with Gasteiger partial charge in [-0.05, 0) is 25.2 Å². The van der Waals surface area contributed by atoms with Crippen molar-refractivity contribution in [3.63, 3.8) is 0 Å². The lowest BCUT2D eigenvalue weighted by Crippen LogP contribution is -2.49. The normalized spacial score (nSPS) is 12.6. The first-order valence-corrected chi connectivity index (χ1v) is 6.59. The summed E-state index contributed by atoms with van der Waals surface area (Å²) in [5.41, 5.74) is 0. The van der Waals surface area contributed by atoms with Gasteiger partial charge in [-0.25, -0.2) is 9.59 Å². The Kier molecular flexibility index (Phi) is 7.39. The maximum atomic E-state index is 12.0. The van der Waals surface area contributed by atoms with Gasteiger partial charge in [0.2, 0.25) is 0 Å². The van der Waals surface area contributed by atoms with Gasteiger partial charge >= 0.3 is 12.0 Å². The van der Waals surface area contributed by atoms with Crippen molar-refractivity contribution in [3.8, 4) is 0 Å². The van der Waals surface area contributed by atoms with Gasteiger partial charge < -0.3 is 15.3 Å². The van der Waals surface area contributed by atoms with Crippen LogP contribution >= 0.6 is 0 Å². The Balaban J connectivity index is 4.54. The number of carbonyl (C=O) groups is 2. The van der Waals surface area contributed by atoms with E-state index in [1.54, 1.807) is 11.9 Å². The van der Waals surface area contributed by atoms with Gasteiger partial charge in [0.25, 0.3) is 0 Å². The summed E-state index contributed by atoms with van der Waals surface area (Å²) >= 11 is 0. The number of amides is 2. The molecule has 0 bridgehead atoms. The summed E-state index contributed by atoms with van der Waals surface area (Å²) in [7, 11) is 1.71. The number of hydrogen-bond donors (Lipinski definition) is 2. The molecule has 0 saturated carbocycles. The minimum absolute atomic E-state index is 0.151. The quantitative estimate of drug-likeness (QED) is 0.736. The lowest BCUT2D eigenvalue weighted by atomic mass is 10.0. The van der Waals surface area contributed by atoms with Crippen molar-refractivity contribution in [1.29, 1.82) is 0 Å². The zero-order valence-corrected chi connectivity index (χ0v) is 12.1. The minimum Gasteiger partial charge on any atom is -0.480 e. The molecule has 0 aromatic carbocycles. The molecular formula is C13H26N2O3. The van der Waals surface area contributed by atoms with E-state index in [0.717, 1.165) is 12.8 Å². The molecule has 2 N–H and O–H groups in total. The van der Waals surface area contributed by atoms with E-state index in [9.17, 15) is 9.59 Å². The molecule has 0 aromatic heterocycles. The van der Waals surface area contributed by atoms with Gasteiger partial charge in [-0.1, -0.05) is 27.7 Å². The van der Waals surface area contributed by atoms with Gasteiger partial charge in [-0.2, -0.15) is 0 Å². The molecule has 0 heterocycles. The summed E-state index contributed by atoms with van der Waals surface area (Å²) in [5, 5.41) is 11.7. The van der Waals surface area contributed by atoms with Crippen molar-refractivity contribution < 1.29 is 14.7 Å². The molecule has 0 aliphatic rings. The number of hydrogen-bond acceptors (Lipinski definition) is 2. The molecule has 0 fully saturated rings. The second-order valence-corrected chi connectivity index (χ2v) is 5.05. The fraction of sp³-hybridized carbons (Fsp3) is 0.846. The van der Waals surface area contributed by atoms with E-state index >= 15 is 0 Å². The number of carboxylic acids is 1. The Bertz CT molecular complexity index is 275. The molecule has 0 rings (SSSR count). The van der Waals surface area contributed by atoms with Crippen LogP contribution in [0.3, 0.4) is 0 Å². The maximum Gasteiger partial charge on any atom is 0.326 e. The smallest absolute Gasteiger partial charge is 0.326 e. The zero-order chi connectivity index (χ0) is 14.3. The van der Waals surface area contributed by atoms with E-state index in [1.807, 2.05) is 27.7 Å². The number of rotatable bonds is 7. The molecule has 1 atom stereocenters. The lowest BCUT2D eigenvalue weighted by molar-refractivity contribution is -0.139. The predicted octanol–water partition coefficient (Wildman–Crippen LogP) is 2.32. The highest BCUT2D eigenvalue weighted by Gasteiger charge is 2.24. The third-order valence-electron chi connectivity index (χ3n) is 3.11. The van der Waals surface area contributed by atoms with Crippen LogP contribution in [0.2, 0.25) is 0 Å². The molecule has 18 heavy (non-hydrogen) atoms. The Morgan fingerprint density at radius 3 is 2.06 bits per heavy atom. The fourth-order valence-electron chi connectivity index (χ4n) is 1.95. The van der Waals surface area contributed by atoms with Gasteiger partial charge in [-0.15, -0.1) is 0 Å². The highest BCUT2D eigenvalue weighted by molar-refractivity contribution is 5.82. The molecule has 0 aromatic rings. The summed E-state index contributed by atoms with van der Waals surface area (Å²) in [6, 6.07) is -0.968. The SMILES string of the molecule is CCC(CC)N(C)C(=O)NC(CC(C)C)C(=O)O.